The average Bonchev–Trinajstić information content (AvgIpc) is 2.76. The van der Waals surface area contributed by atoms with E-state index in [1.54, 1.807) is 49.4 Å². The first kappa shape index (κ1) is 20.9. The number of ketones is 1. The molecular formula is C24H23NO5. The number of ether oxygens (including phenoxy) is 3. The topological polar surface area (TPSA) is 73.9 Å². The fraction of sp³-hybridized carbons (Fsp3) is 0.167. The highest BCUT2D eigenvalue weighted by Gasteiger charge is 2.18. The van der Waals surface area contributed by atoms with Gasteiger partial charge in [0.05, 0.1) is 7.11 Å². The molecule has 0 heterocycles. The lowest BCUT2D eigenvalue weighted by Crippen LogP contribution is -2.30. The number of nitrogens with one attached hydrogen (secondary N) is 1. The maximum absolute atomic E-state index is 12.5. The van der Waals surface area contributed by atoms with Crippen LogP contribution in [-0.4, -0.2) is 24.9 Å². The first-order chi connectivity index (χ1) is 14.5. The Bertz CT molecular complexity index is 1020. The van der Waals surface area contributed by atoms with Crippen LogP contribution in [0.5, 0.6) is 23.0 Å². The van der Waals surface area contributed by atoms with Crippen LogP contribution in [0.15, 0.2) is 72.8 Å². The van der Waals surface area contributed by atoms with E-state index in [4.69, 9.17) is 14.2 Å². The summed E-state index contributed by atoms with van der Waals surface area (Å²) in [5.41, 5.74) is 1.13. The molecule has 6 heteroatoms. The van der Waals surface area contributed by atoms with Gasteiger partial charge in [-0.05, 0) is 68.4 Å². The van der Waals surface area contributed by atoms with Crippen molar-refractivity contribution in [2.75, 3.05) is 12.4 Å². The fourth-order valence-corrected chi connectivity index (χ4v) is 2.70. The molecule has 1 atom stereocenters. The molecule has 3 aromatic carbocycles. The Morgan fingerprint density at radius 2 is 1.53 bits per heavy atom. The highest BCUT2D eigenvalue weighted by molar-refractivity contribution is 5.95. The number of methoxy groups -OCH3 is 1. The molecule has 0 aliphatic heterocycles. The minimum atomic E-state index is -0.776. The quantitative estimate of drug-likeness (QED) is 0.528. The summed E-state index contributed by atoms with van der Waals surface area (Å²) in [6.07, 6.45) is -0.776. The molecule has 0 aliphatic rings. The molecule has 3 rings (SSSR count). The monoisotopic (exact) mass is 405 g/mol. The summed E-state index contributed by atoms with van der Waals surface area (Å²) in [5.74, 6) is 1.79. The molecule has 0 saturated carbocycles. The van der Waals surface area contributed by atoms with Gasteiger partial charge in [-0.2, -0.15) is 0 Å². The smallest absolute Gasteiger partial charge is 0.265 e. The second kappa shape index (κ2) is 9.60. The lowest BCUT2D eigenvalue weighted by Gasteiger charge is -2.17. The average molecular weight is 405 g/mol. The molecule has 0 bridgehead atoms. The third-order valence-electron chi connectivity index (χ3n) is 4.34. The van der Waals surface area contributed by atoms with Crippen LogP contribution in [0, 0.1) is 0 Å². The third-order valence-corrected chi connectivity index (χ3v) is 4.34. The van der Waals surface area contributed by atoms with Crippen molar-refractivity contribution in [3.05, 3.63) is 78.4 Å². The highest BCUT2D eigenvalue weighted by atomic mass is 16.5. The highest BCUT2D eigenvalue weighted by Crippen LogP contribution is 2.29. The van der Waals surface area contributed by atoms with Gasteiger partial charge in [0.1, 0.15) is 11.5 Å². The van der Waals surface area contributed by atoms with E-state index < -0.39 is 6.10 Å². The van der Waals surface area contributed by atoms with Crippen LogP contribution in [0.4, 0.5) is 5.69 Å². The Labute approximate surface area is 175 Å². The number of hydrogen-bond acceptors (Lipinski definition) is 5. The maximum atomic E-state index is 12.5. The van der Waals surface area contributed by atoms with E-state index in [0.717, 1.165) is 5.75 Å². The van der Waals surface area contributed by atoms with Crippen LogP contribution in [0.25, 0.3) is 0 Å². The molecule has 0 unspecified atom stereocenters. The maximum Gasteiger partial charge on any atom is 0.265 e. The van der Waals surface area contributed by atoms with E-state index in [1.807, 2.05) is 30.3 Å². The van der Waals surface area contributed by atoms with Gasteiger partial charge in [0.2, 0.25) is 0 Å². The Kier molecular flexibility index (Phi) is 6.70. The van der Waals surface area contributed by atoms with Crippen LogP contribution in [0.3, 0.4) is 0 Å². The number of carbonyl (C=O) groups excluding carboxylic acids is 2. The van der Waals surface area contributed by atoms with Crippen LogP contribution >= 0.6 is 0 Å². The van der Waals surface area contributed by atoms with Gasteiger partial charge in [-0.3, -0.25) is 9.59 Å². The van der Waals surface area contributed by atoms with Crippen molar-refractivity contribution in [3.63, 3.8) is 0 Å². The van der Waals surface area contributed by atoms with Crippen LogP contribution in [0.2, 0.25) is 0 Å². The molecule has 0 aliphatic carbocycles. The number of carbonyl (C=O) groups is 2. The Morgan fingerprint density at radius 3 is 2.17 bits per heavy atom. The summed E-state index contributed by atoms with van der Waals surface area (Å²) < 4.78 is 16.8. The number of para-hydroxylation sites is 1. The first-order valence-electron chi connectivity index (χ1n) is 9.45. The molecule has 0 spiro atoms. The van der Waals surface area contributed by atoms with Crippen molar-refractivity contribution in [2.24, 2.45) is 0 Å². The minimum absolute atomic E-state index is 0.0784. The molecule has 6 nitrogen and oxygen atoms in total. The van der Waals surface area contributed by atoms with Gasteiger partial charge in [-0.1, -0.05) is 18.2 Å². The van der Waals surface area contributed by atoms with Gasteiger partial charge in [0.15, 0.2) is 23.4 Å². The summed E-state index contributed by atoms with van der Waals surface area (Å²) in [4.78, 5) is 24.0. The first-order valence-corrected chi connectivity index (χ1v) is 9.45. The molecule has 1 amide bonds. The Morgan fingerprint density at radius 1 is 0.867 bits per heavy atom. The molecule has 0 aromatic heterocycles. The molecule has 154 valence electrons. The number of rotatable bonds is 8. The van der Waals surface area contributed by atoms with Crippen molar-refractivity contribution in [1.29, 1.82) is 0 Å². The van der Waals surface area contributed by atoms with E-state index in [2.05, 4.69) is 5.32 Å². The summed E-state index contributed by atoms with van der Waals surface area (Å²) in [6.45, 7) is 3.11. The van der Waals surface area contributed by atoms with Gasteiger partial charge in [0, 0.05) is 11.3 Å². The molecule has 3 aromatic rings. The molecule has 0 fully saturated rings. The van der Waals surface area contributed by atoms with Gasteiger partial charge in [-0.25, -0.2) is 0 Å². The Balaban J connectivity index is 1.61. The lowest BCUT2D eigenvalue weighted by molar-refractivity contribution is -0.122. The summed E-state index contributed by atoms with van der Waals surface area (Å²) in [6, 6.07) is 21.4. The molecule has 0 radical (unpaired) electrons. The van der Waals surface area contributed by atoms with Gasteiger partial charge in [0.25, 0.3) is 5.91 Å². The summed E-state index contributed by atoms with van der Waals surface area (Å²) in [5, 5.41) is 2.81. The lowest BCUT2D eigenvalue weighted by atomic mass is 10.1. The second-order valence-corrected chi connectivity index (χ2v) is 6.61. The zero-order chi connectivity index (χ0) is 21.5. The second-order valence-electron chi connectivity index (χ2n) is 6.61. The van der Waals surface area contributed by atoms with E-state index in [1.165, 1.54) is 14.0 Å². The standard InChI is InChI=1S/C24H23NO5/c1-16(26)18-9-14-22(23(15-18)28-3)29-17(2)24(27)25-19-10-12-21(13-11-19)30-20-7-5-4-6-8-20/h4-15,17H,1-3H3,(H,25,27)/t17-/m0/s1. The van der Waals surface area contributed by atoms with Crippen molar-refractivity contribution < 1.29 is 23.8 Å². The normalized spacial score (nSPS) is 11.3. The largest absolute Gasteiger partial charge is 0.493 e. The summed E-state index contributed by atoms with van der Waals surface area (Å²) in [7, 11) is 1.48. The third kappa shape index (κ3) is 5.38. The minimum Gasteiger partial charge on any atom is -0.493 e. The van der Waals surface area contributed by atoms with Crippen LogP contribution < -0.4 is 19.5 Å². The molecular weight excluding hydrogens is 382 g/mol. The number of anilines is 1. The van der Waals surface area contributed by atoms with Gasteiger partial charge < -0.3 is 19.5 Å². The predicted octanol–water partition coefficient (Wildman–Crippen LogP) is 5.10. The molecule has 30 heavy (non-hydrogen) atoms. The van der Waals surface area contributed by atoms with Crippen molar-refractivity contribution >= 4 is 17.4 Å². The summed E-state index contributed by atoms with van der Waals surface area (Å²) >= 11 is 0. The number of hydrogen-bond donors (Lipinski definition) is 1. The van der Waals surface area contributed by atoms with Gasteiger partial charge >= 0.3 is 0 Å². The molecule has 0 saturated heterocycles. The number of amides is 1. The van der Waals surface area contributed by atoms with Gasteiger partial charge in [-0.15, -0.1) is 0 Å². The zero-order valence-electron chi connectivity index (χ0n) is 17.0. The zero-order valence-corrected chi connectivity index (χ0v) is 17.0. The number of Topliss-reactive ketones (excluding diaryl/α,β-unsaturated/α-hetero) is 1. The van der Waals surface area contributed by atoms with E-state index in [0.29, 0.717) is 28.5 Å². The SMILES string of the molecule is COc1cc(C(C)=O)ccc1O[C@@H](C)C(=O)Nc1ccc(Oc2ccccc2)cc1. The number of benzene rings is 3. The van der Waals surface area contributed by atoms with Crippen LogP contribution in [0.1, 0.15) is 24.2 Å². The van der Waals surface area contributed by atoms with Crippen LogP contribution in [-0.2, 0) is 4.79 Å². The van der Waals surface area contributed by atoms with Crippen molar-refractivity contribution in [2.45, 2.75) is 20.0 Å². The Hall–Kier alpha value is -3.80. The van der Waals surface area contributed by atoms with E-state index in [9.17, 15) is 9.59 Å². The molecule has 1 N–H and O–H groups in total. The fourth-order valence-electron chi connectivity index (χ4n) is 2.70. The predicted molar refractivity (Wildman–Crippen MR) is 115 cm³/mol. The van der Waals surface area contributed by atoms with Crippen molar-refractivity contribution in [3.8, 4) is 23.0 Å². The van der Waals surface area contributed by atoms with Crippen molar-refractivity contribution in [1.82, 2.24) is 0 Å². The van der Waals surface area contributed by atoms with E-state index in [-0.39, 0.29) is 11.7 Å². The van der Waals surface area contributed by atoms with E-state index >= 15 is 0 Å².